The standard InChI is InChI=1S/C7H5IN4/c8-4-5-1-6(9)3-7(2-5)11-12-10/h1-3H,4H2. The zero-order valence-corrected chi connectivity index (χ0v) is 8.26. The normalized spacial score (nSPS) is 9.08. The zero-order chi connectivity index (χ0) is 8.97. The van der Waals surface area contributed by atoms with Gasteiger partial charge in [-0.25, -0.2) is 0 Å². The molecule has 5 heteroatoms. The predicted molar refractivity (Wildman–Crippen MR) is 54.8 cm³/mol. The maximum absolute atomic E-state index is 9.16. The van der Waals surface area contributed by atoms with E-state index in [-0.39, 0.29) is 5.69 Å². The second-order valence-corrected chi connectivity index (χ2v) is 2.94. The molecule has 0 saturated carbocycles. The molecule has 0 heterocycles. The molecule has 0 saturated heterocycles. The highest BCUT2D eigenvalue weighted by Crippen LogP contribution is 2.21. The maximum Gasteiger partial charge on any atom is 0.0864 e. The van der Waals surface area contributed by atoms with Crippen molar-refractivity contribution in [2.45, 2.75) is 4.43 Å². The number of halogens is 1. The van der Waals surface area contributed by atoms with Crippen molar-refractivity contribution in [2.75, 3.05) is 0 Å². The highest BCUT2D eigenvalue weighted by Gasteiger charge is 1.96. The molecule has 1 aromatic rings. The van der Waals surface area contributed by atoms with Crippen LogP contribution in [-0.2, 0) is 4.43 Å². The minimum Gasteiger partial charge on any atom is -0.151 e. The number of nitrogens with zero attached hydrogens (tertiary/aromatic N) is 4. The molecule has 0 amide bonds. The number of hydrogen-bond acceptors (Lipinski definition) is 1. The van der Waals surface area contributed by atoms with Gasteiger partial charge in [-0.1, -0.05) is 27.7 Å². The van der Waals surface area contributed by atoms with Gasteiger partial charge in [0.15, 0.2) is 0 Å². The van der Waals surface area contributed by atoms with Crippen molar-refractivity contribution in [3.8, 4) is 0 Å². The summed E-state index contributed by atoms with van der Waals surface area (Å²) in [6.45, 7) is 0. The van der Waals surface area contributed by atoms with Crippen LogP contribution >= 0.6 is 22.6 Å². The van der Waals surface area contributed by atoms with Crippen LogP contribution in [0, 0.1) is 0 Å². The summed E-state index contributed by atoms with van der Waals surface area (Å²) in [6, 6.07) is 4.81. The second-order valence-electron chi connectivity index (χ2n) is 2.18. The first-order valence-corrected chi connectivity index (χ1v) is 4.73. The van der Waals surface area contributed by atoms with Crippen LogP contribution in [0.2, 0.25) is 0 Å². The van der Waals surface area contributed by atoms with E-state index in [2.05, 4.69) is 32.6 Å². The Morgan fingerprint density at radius 1 is 1.50 bits per heavy atom. The Labute approximate surface area is 83.5 Å². The molecular weight excluding hydrogens is 267 g/mol. The lowest BCUT2D eigenvalue weighted by Crippen LogP contribution is -1.77. The summed E-state index contributed by atoms with van der Waals surface area (Å²) >= 11 is 2.17. The molecule has 0 aliphatic rings. The van der Waals surface area contributed by atoms with Gasteiger partial charge in [-0.2, -0.15) is 5.73 Å². The highest BCUT2D eigenvalue weighted by atomic mass is 127. The van der Waals surface area contributed by atoms with Crippen LogP contribution in [0.1, 0.15) is 5.56 Å². The molecule has 1 aromatic carbocycles. The molecule has 0 fully saturated rings. The smallest absolute Gasteiger partial charge is 0.0864 e. The molecule has 0 atom stereocenters. The van der Waals surface area contributed by atoms with Gasteiger partial charge >= 0.3 is 0 Å². The molecule has 4 nitrogen and oxygen atoms in total. The fraction of sp³-hybridized carbons (Fsp3) is 0.143. The van der Waals surface area contributed by atoms with Crippen molar-refractivity contribution in [2.24, 2.45) is 5.11 Å². The average molecular weight is 272 g/mol. The Morgan fingerprint density at radius 3 is 2.83 bits per heavy atom. The molecular formula is C7H5IN4. The summed E-state index contributed by atoms with van der Waals surface area (Å²) in [4.78, 5) is 2.63. The van der Waals surface area contributed by atoms with Crippen molar-refractivity contribution in [3.63, 3.8) is 0 Å². The van der Waals surface area contributed by atoms with Crippen LogP contribution in [-0.4, -0.2) is 0 Å². The molecule has 12 heavy (non-hydrogen) atoms. The summed E-state index contributed by atoms with van der Waals surface area (Å²) in [6.07, 6.45) is 0. The lowest BCUT2D eigenvalue weighted by molar-refractivity contribution is 1.36. The van der Waals surface area contributed by atoms with Crippen molar-refractivity contribution in [1.82, 2.24) is 5.73 Å². The minimum absolute atomic E-state index is 0.131. The van der Waals surface area contributed by atoms with Gasteiger partial charge in [0.2, 0.25) is 0 Å². The summed E-state index contributed by atoms with van der Waals surface area (Å²) in [5.41, 5.74) is 18.8. The minimum atomic E-state index is 0.131. The van der Waals surface area contributed by atoms with Gasteiger partial charge < -0.3 is 0 Å². The largest absolute Gasteiger partial charge is 0.151 e. The topological polar surface area (TPSA) is 71.1 Å². The number of rotatable bonds is 2. The first-order valence-electron chi connectivity index (χ1n) is 3.20. The molecule has 60 valence electrons. The van der Waals surface area contributed by atoms with Gasteiger partial charge in [0.05, 0.1) is 5.69 Å². The first-order chi connectivity index (χ1) is 5.76. The molecule has 2 radical (unpaired) electrons. The molecule has 1 rings (SSSR count). The fourth-order valence-electron chi connectivity index (χ4n) is 0.843. The monoisotopic (exact) mass is 272 g/mol. The third-order valence-corrected chi connectivity index (χ3v) is 2.16. The van der Waals surface area contributed by atoms with E-state index in [4.69, 9.17) is 11.3 Å². The van der Waals surface area contributed by atoms with Crippen LogP contribution < -0.4 is 5.73 Å². The molecule has 0 aromatic heterocycles. The highest BCUT2D eigenvalue weighted by molar-refractivity contribution is 14.1. The molecule has 0 aliphatic heterocycles. The third-order valence-electron chi connectivity index (χ3n) is 1.28. The van der Waals surface area contributed by atoms with Crippen molar-refractivity contribution >= 4 is 34.0 Å². The number of hydrogen-bond donors (Lipinski definition) is 0. The zero-order valence-electron chi connectivity index (χ0n) is 6.11. The van der Waals surface area contributed by atoms with E-state index in [0.29, 0.717) is 5.69 Å². The van der Waals surface area contributed by atoms with Gasteiger partial charge in [-0.05, 0) is 29.3 Å². The van der Waals surface area contributed by atoms with Crippen LogP contribution in [0.3, 0.4) is 0 Å². The number of azide groups is 1. The van der Waals surface area contributed by atoms with Crippen LogP contribution in [0.5, 0.6) is 0 Å². The van der Waals surface area contributed by atoms with E-state index >= 15 is 0 Å². The number of alkyl halides is 1. The van der Waals surface area contributed by atoms with Crippen LogP contribution in [0.25, 0.3) is 10.4 Å². The SMILES string of the molecule is [N]c1cc(CI)cc(N=[N+]=[N-])c1. The Kier molecular flexibility index (Phi) is 3.19. The lowest BCUT2D eigenvalue weighted by Gasteiger charge is -1.97. The van der Waals surface area contributed by atoms with E-state index in [1.807, 2.05) is 0 Å². The molecule has 0 aliphatic carbocycles. The Hall–Kier alpha value is -0.940. The molecule has 0 spiro atoms. The lowest BCUT2D eigenvalue weighted by atomic mass is 10.2. The van der Waals surface area contributed by atoms with E-state index in [1.165, 1.54) is 6.07 Å². The fourth-order valence-corrected chi connectivity index (χ4v) is 1.28. The van der Waals surface area contributed by atoms with Gasteiger partial charge in [-0.15, -0.1) is 0 Å². The molecule has 0 N–H and O–H groups in total. The summed E-state index contributed by atoms with van der Waals surface area (Å²) in [5, 5.41) is 3.39. The molecule has 0 unspecified atom stereocenters. The molecule has 0 bridgehead atoms. The van der Waals surface area contributed by atoms with Crippen LogP contribution in [0.4, 0.5) is 11.4 Å². The van der Waals surface area contributed by atoms with E-state index in [9.17, 15) is 0 Å². The van der Waals surface area contributed by atoms with Crippen molar-refractivity contribution < 1.29 is 0 Å². The van der Waals surface area contributed by atoms with E-state index in [0.717, 1.165) is 9.99 Å². The van der Waals surface area contributed by atoms with E-state index < -0.39 is 0 Å². The maximum atomic E-state index is 9.16. The van der Waals surface area contributed by atoms with Gasteiger partial charge in [0, 0.05) is 15.0 Å². The predicted octanol–water partition coefficient (Wildman–Crippen LogP) is 3.26. The average Bonchev–Trinajstić information content (AvgIpc) is 2.04. The summed E-state index contributed by atoms with van der Waals surface area (Å²) in [7, 11) is 0. The van der Waals surface area contributed by atoms with Gasteiger partial charge in [0.25, 0.3) is 0 Å². The summed E-state index contributed by atoms with van der Waals surface area (Å²) < 4.78 is 0.778. The Morgan fingerprint density at radius 2 is 2.25 bits per heavy atom. The van der Waals surface area contributed by atoms with Crippen molar-refractivity contribution in [1.29, 1.82) is 0 Å². The second kappa shape index (κ2) is 4.18. The van der Waals surface area contributed by atoms with Gasteiger partial charge in [0.1, 0.15) is 0 Å². The van der Waals surface area contributed by atoms with Crippen molar-refractivity contribution in [3.05, 3.63) is 34.2 Å². The Bertz CT molecular complexity index is 330. The Balaban J connectivity index is 3.14. The third kappa shape index (κ3) is 2.28. The van der Waals surface area contributed by atoms with Crippen LogP contribution in [0.15, 0.2) is 23.3 Å². The first kappa shape index (κ1) is 9.15. The van der Waals surface area contributed by atoms with E-state index in [1.54, 1.807) is 12.1 Å². The summed E-state index contributed by atoms with van der Waals surface area (Å²) in [5.74, 6) is 0. The van der Waals surface area contributed by atoms with Gasteiger partial charge in [-0.3, -0.25) is 0 Å². The quantitative estimate of drug-likeness (QED) is 0.260. The number of benzene rings is 1.